The molecule has 0 spiro atoms. The number of hydrogen-bond donors (Lipinski definition) is 1. The van der Waals surface area contributed by atoms with Crippen LogP contribution in [-0.4, -0.2) is 32.4 Å². The zero-order valence-electron chi connectivity index (χ0n) is 12.3. The molecule has 1 aromatic rings. The molecule has 0 radical (unpaired) electrons. The average Bonchev–Trinajstić information content (AvgIpc) is 3.13. The average molecular weight is 275 g/mol. The molecular weight excluding hydrogens is 250 g/mol. The lowest BCUT2D eigenvalue weighted by molar-refractivity contribution is 0.101. The van der Waals surface area contributed by atoms with E-state index in [1.54, 1.807) is 0 Å². The van der Waals surface area contributed by atoms with Gasteiger partial charge in [0.15, 0.2) is 0 Å². The number of hydrogen-bond acceptors (Lipinski definition) is 3. The van der Waals surface area contributed by atoms with E-state index < -0.39 is 0 Å². The van der Waals surface area contributed by atoms with Crippen molar-refractivity contribution in [1.82, 2.24) is 5.32 Å². The predicted octanol–water partition coefficient (Wildman–Crippen LogP) is 3.10. The number of rotatable bonds is 6. The molecule has 20 heavy (non-hydrogen) atoms. The molecule has 3 heteroatoms. The molecule has 1 N–H and O–H groups in total. The summed E-state index contributed by atoms with van der Waals surface area (Å²) in [5, 5.41) is 3.49. The van der Waals surface area contributed by atoms with Crippen molar-refractivity contribution in [2.75, 3.05) is 20.3 Å². The Morgan fingerprint density at radius 2 is 2.25 bits per heavy atom. The van der Waals surface area contributed by atoms with Crippen LogP contribution in [0.3, 0.4) is 0 Å². The van der Waals surface area contributed by atoms with Crippen molar-refractivity contribution in [2.45, 2.75) is 50.2 Å². The van der Waals surface area contributed by atoms with Gasteiger partial charge in [0.2, 0.25) is 0 Å². The van der Waals surface area contributed by atoms with E-state index in [2.05, 4.69) is 30.6 Å². The normalized spacial score (nSPS) is 26.2. The fourth-order valence-corrected chi connectivity index (χ4v) is 3.50. The molecule has 2 heterocycles. The van der Waals surface area contributed by atoms with E-state index in [1.165, 1.54) is 37.7 Å². The quantitative estimate of drug-likeness (QED) is 0.865. The number of likely N-dealkylation sites (N-methyl/N-ethyl adjacent to an activating group) is 1. The second kappa shape index (κ2) is 6.59. The van der Waals surface area contributed by atoms with Crippen molar-refractivity contribution in [1.29, 1.82) is 0 Å². The highest BCUT2D eigenvalue weighted by Crippen LogP contribution is 2.36. The summed E-state index contributed by atoms with van der Waals surface area (Å²) in [6.45, 7) is 1.77. The van der Waals surface area contributed by atoms with Crippen molar-refractivity contribution in [2.24, 2.45) is 0 Å². The Morgan fingerprint density at radius 1 is 1.35 bits per heavy atom. The van der Waals surface area contributed by atoms with Crippen LogP contribution in [0, 0.1) is 0 Å². The summed E-state index contributed by atoms with van der Waals surface area (Å²) in [5.41, 5.74) is 1.36. The standard InChI is InChI=1S/C17H25NO2/c1-18-16(9-4-6-13-7-5-11-19-13)15-12-20-17-10-3-2-8-14(15)17/h2-3,8,10,13,15-16,18H,4-7,9,11-12H2,1H3. The van der Waals surface area contributed by atoms with Gasteiger partial charge in [-0.3, -0.25) is 0 Å². The highest BCUT2D eigenvalue weighted by molar-refractivity contribution is 5.40. The molecule has 0 bridgehead atoms. The molecule has 1 saturated heterocycles. The molecular formula is C17H25NO2. The van der Waals surface area contributed by atoms with E-state index in [4.69, 9.17) is 9.47 Å². The lowest BCUT2D eigenvalue weighted by Gasteiger charge is -2.23. The third-order valence-corrected chi connectivity index (χ3v) is 4.66. The van der Waals surface area contributed by atoms with Gasteiger partial charge in [0.25, 0.3) is 0 Å². The maximum absolute atomic E-state index is 5.81. The number of benzene rings is 1. The van der Waals surface area contributed by atoms with Crippen LogP contribution in [0.15, 0.2) is 24.3 Å². The molecule has 0 amide bonds. The minimum atomic E-state index is 0.487. The predicted molar refractivity (Wildman–Crippen MR) is 80.4 cm³/mol. The zero-order valence-corrected chi connectivity index (χ0v) is 12.3. The van der Waals surface area contributed by atoms with Gasteiger partial charge in [-0.15, -0.1) is 0 Å². The lowest BCUT2D eigenvalue weighted by Crippen LogP contribution is -2.33. The van der Waals surface area contributed by atoms with Crippen LogP contribution in [0.2, 0.25) is 0 Å². The van der Waals surface area contributed by atoms with Crippen molar-refractivity contribution in [3.05, 3.63) is 29.8 Å². The molecule has 3 unspecified atom stereocenters. The molecule has 0 saturated carbocycles. The Labute approximate surface area is 121 Å². The molecule has 0 aliphatic carbocycles. The number of nitrogens with one attached hydrogen (secondary N) is 1. The third-order valence-electron chi connectivity index (χ3n) is 4.66. The Bertz CT molecular complexity index is 429. The largest absolute Gasteiger partial charge is 0.493 e. The first-order valence-electron chi connectivity index (χ1n) is 7.89. The van der Waals surface area contributed by atoms with Gasteiger partial charge >= 0.3 is 0 Å². The van der Waals surface area contributed by atoms with Gasteiger partial charge in [-0.1, -0.05) is 18.2 Å². The topological polar surface area (TPSA) is 30.5 Å². The molecule has 1 fully saturated rings. The van der Waals surface area contributed by atoms with Gasteiger partial charge in [0.05, 0.1) is 12.7 Å². The second-order valence-corrected chi connectivity index (χ2v) is 5.92. The Kier molecular flexibility index (Phi) is 4.58. The van der Waals surface area contributed by atoms with Gasteiger partial charge in [-0.25, -0.2) is 0 Å². The van der Waals surface area contributed by atoms with E-state index >= 15 is 0 Å². The van der Waals surface area contributed by atoms with Crippen LogP contribution in [-0.2, 0) is 4.74 Å². The van der Waals surface area contributed by atoms with E-state index in [1.807, 2.05) is 6.07 Å². The van der Waals surface area contributed by atoms with Crippen molar-refractivity contribution < 1.29 is 9.47 Å². The minimum absolute atomic E-state index is 0.487. The summed E-state index contributed by atoms with van der Waals surface area (Å²) in [5.74, 6) is 1.55. The molecule has 3 nitrogen and oxygen atoms in total. The number of para-hydroxylation sites is 1. The van der Waals surface area contributed by atoms with Gasteiger partial charge in [0.1, 0.15) is 5.75 Å². The Hall–Kier alpha value is -1.06. The SMILES string of the molecule is CNC(CCCC1CCCO1)C1COc2ccccc21. The molecule has 3 rings (SSSR count). The van der Waals surface area contributed by atoms with Crippen molar-refractivity contribution >= 4 is 0 Å². The third kappa shape index (κ3) is 2.99. The summed E-state index contributed by atoms with van der Waals surface area (Å²) in [7, 11) is 2.07. The molecule has 3 atom stereocenters. The molecule has 2 aliphatic heterocycles. The van der Waals surface area contributed by atoms with Crippen LogP contribution in [0.25, 0.3) is 0 Å². The fraction of sp³-hybridized carbons (Fsp3) is 0.647. The first-order valence-corrected chi connectivity index (χ1v) is 7.89. The fourth-order valence-electron chi connectivity index (χ4n) is 3.50. The zero-order chi connectivity index (χ0) is 13.8. The van der Waals surface area contributed by atoms with E-state index in [0.717, 1.165) is 19.0 Å². The number of fused-ring (bicyclic) bond motifs is 1. The van der Waals surface area contributed by atoms with Crippen LogP contribution in [0.1, 0.15) is 43.6 Å². The molecule has 2 aliphatic rings. The van der Waals surface area contributed by atoms with Gasteiger partial charge in [0, 0.05) is 24.1 Å². The van der Waals surface area contributed by atoms with Crippen molar-refractivity contribution in [3.8, 4) is 5.75 Å². The maximum Gasteiger partial charge on any atom is 0.122 e. The van der Waals surface area contributed by atoms with Gasteiger partial charge < -0.3 is 14.8 Å². The van der Waals surface area contributed by atoms with Crippen LogP contribution < -0.4 is 10.1 Å². The molecule has 110 valence electrons. The maximum atomic E-state index is 5.81. The molecule has 0 aromatic heterocycles. The van der Waals surface area contributed by atoms with Crippen LogP contribution in [0.4, 0.5) is 0 Å². The van der Waals surface area contributed by atoms with Gasteiger partial charge in [-0.2, -0.15) is 0 Å². The summed E-state index contributed by atoms with van der Waals surface area (Å²) >= 11 is 0. The van der Waals surface area contributed by atoms with Crippen LogP contribution in [0.5, 0.6) is 5.75 Å². The van der Waals surface area contributed by atoms with E-state index in [9.17, 15) is 0 Å². The summed E-state index contributed by atoms with van der Waals surface area (Å²) in [4.78, 5) is 0. The number of ether oxygens (including phenoxy) is 2. The van der Waals surface area contributed by atoms with Crippen LogP contribution >= 0.6 is 0 Å². The summed E-state index contributed by atoms with van der Waals surface area (Å²) in [6.07, 6.45) is 6.63. The van der Waals surface area contributed by atoms with E-state index in [-0.39, 0.29) is 0 Å². The highest BCUT2D eigenvalue weighted by Gasteiger charge is 2.30. The Balaban J connectivity index is 1.54. The summed E-state index contributed by atoms with van der Waals surface area (Å²) < 4.78 is 11.5. The molecule has 1 aromatic carbocycles. The highest BCUT2D eigenvalue weighted by atomic mass is 16.5. The monoisotopic (exact) mass is 275 g/mol. The minimum Gasteiger partial charge on any atom is -0.493 e. The van der Waals surface area contributed by atoms with Crippen molar-refractivity contribution in [3.63, 3.8) is 0 Å². The first-order chi connectivity index (χ1) is 9.88. The summed E-state index contributed by atoms with van der Waals surface area (Å²) in [6, 6.07) is 8.94. The Morgan fingerprint density at radius 3 is 3.05 bits per heavy atom. The second-order valence-electron chi connectivity index (χ2n) is 5.92. The smallest absolute Gasteiger partial charge is 0.122 e. The first kappa shape index (κ1) is 13.9. The lowest BCUT2D eigenvalue weighted by atomic mass is 9.89. The van der Waals surface area contributed by atoms with E-state index in [0.29, 0.717) is 18.1 Å². The van der Waals surface area contributed by atoms with Gasteiger partial charge in [-0.05, 0) is 45.2 Å².